The summed E-state index contributed by atoms with van der Waals surface area (Å²) in [5, 5.41) is 13.5. The Hall–Kier alpha value is -2.82. The minimum Gasteiger partial charge on any atom is -0.619 e. The second-order valence-electron chi connectivity index (χ2n) is 8.05. The predicted molar refractivity (Wildman–Crippen MR) is 129 cm³/mol. The van der Waals surface area contributed by atoms with E-state index in [4.69, 9.17) is 37.4 Å². The Labute approximate surface area is 219 Å². The van der Waals surface area contributed by atoms with Gasteiger partial charge in [-0.25, -0.2) is 4.79 Å². The van der Waals surface area contributed by atoms with Gasteiger partial charge in [0.05, 0.1) is 13.7 Å². The number of alkyl halides is 2. The Bertz CT molecular complexity index is 1210. The third-order valence-electron chi connectivity index (χ3n) is 5.46. The zero-order valence-corrected chi connectivity index (χ0v) is 21.2. The number of hydrogen-bond donors (Lipinski definition) is 0. The van der Waals surface area contributed by atoms with Crippen LogP contribution in [0.5, 0.6) is 17.2 Å². The van der Waals surface area contributed by atoms with Gasteiger partial charge < -0.3 is 24.2 Å². The van der Waals surface area contributed by atoms with Crippen LogP contribution in [-0.4, -0.2) is 26.3 Å². The Morgan fingerprint density at radius 1 is 1.17 bits per heavy atom. The zero-order valence-electron chi connectivity index (χ0n) is 18.9. The topological polar surface area (TPSA) is 80.9 Å². The number of methoxy groups -OCH3 is 1. The lowest BCUT2D eigenvalue weighted by molar-refractivity contribution is -0.605. The maximum atomic E-state index is 13.0. The van der Waals surface area contributed by atoms with Crippen LogP contribution in [0.1, 0.15) is 39.7 Å². The molecule has 1 fully saturated rings. The molecule has 3 aromatic rings. The van der Waals surface area contributed by atoms with Crippen LogP contribution in [0.2, 0.25) is 10.0 Å². The van der Waals surface area contributed by atoms with Gasteiger partial charge in [-0.15, -0.1) is 11.3 Å². The number of carbonyl (C=O) groups excluding carboxylic acids is 1. The average molecular weight is 560 g/mol. The van der Waals surface area contributed by atoms with Gasteiger partial charge >= 0.3 is 12.6 Å². The van der Waals surface area contributed by atoms with Crippen LogP contribution in [-0.2, 0) is 11.2 Å². The minimum absolute atomic E-state index is 0.00491. The van der Waals surface area contributed by atoms with E-state index in [1.54, 1.807) is 11.4 Å². The Kier molecular flexibility index (Phi) is 8.38. The van der Waals surface area contributed by atoms with Crippen molar-refractivity contribution in [2.24, 2.45) is 5.92 Å². The molecule has 1 aliphatic rings. The molecule has 1 atom stereocenters. The maximum Gasteiger partial charge on any atom is 0.387 e. The summed E-state index contributed by atoms with van der Waals surface area (Å²) in [6.45, 7) is -2.69. The van der Waals surface area contributed by atoms with E-state index in [0.717, 1.165) is 36.6 Å². The van der Waals surface area contributed by atoms with Gasteiger partial charge in [0.15, 0.2) is 28.8 Å². The lowest BCUT2D eigenvalue weighted by atomic mass is 10.0. The molecule has 2 heterocycles. The minimum atomic E-state index is -3.04. The van der Waals surface area contributed by atoms with Crippen LogP contribution in [0.25, 0.3) is 0 Å². The third-order valence-corrected chi connectivity index (χ3v) is 6.99. The maximum absolute atomic E-state index is 13.0. The summed E-state index contributed by atoms with van der Waals surface area (Å²) in [6, 6.07) is 5.94. The molecule has 1 saturated carbocycles. The number of esters is 1. The van der Waals surface area contributed by atoms with Crippen molar-refractivity contribution in [3.05, 3.63) is 73.3 Å². The first-order valence-electron chi connectivity index (χ1n) is 10.9. The summed E-state index contributed by atoms with van der Waals surface area (Å²) in [6.07, 6.45) is 3.29. The van der Waals surface area contributed by atoms with Crippen molar-refractivity contribution in [1.82, 2.24) is 0 Å². The average Bonchev–Trinajstić information content (AvgIpc) is 3.53. The summed E-state index contributed by atoms with van der Waals surface area (Å²) in [7, 11) is 1.43. The Morgan fingerprint density at radius 3 is 2.53 bits per heavy atom. The van der Waals surface area contributed by atoms with Gasteiger partial charge in [0.1, 0.15) is 21.9 Å². The van der Waals surface area contributed by atoms with Crippen molar-refractivity contribution in [1.29, 1.82) is 0 Å². The summed E-state index contributed by atoms with van der Waals surface area (Å²) in [4.78, 5) is 13.3. The number of pyridine rings is 1. The molecule has 1 aromatic carbocycles. The van der Waals surface area contributed by atoms with Crippen LogP contribution in [0.15, 0.2) is 42.0 Å². The Morgan fingerprint density at radius 2 is 1.89 bits per heavy atom. The number of nitrogens with zero attached hydrogens (tertiary/aromatic N) is 1. The molecular weight excluding hydrogens is 539 g/mol. The smallest absolute Gasteiger partial charge is 0.387 e. The zero-order chi connectivity index (χ0) is 25.8. The first-order chi connectivity index (χ1) is 17.2. The van der Waals surface area contributed by atoms with E-state index in [9.17, 15) is 18.8 Å². The van der Waals surface area contributed by atoms with Gasteiger partial charge in [0.25, 0.3) is 0 Å². The lowest BCUT2D eigenvalue weighted by Gasteiger charge is -2.21. The fourth-order valence-electron chi connectivity index (χ4n) is 3.45. The molecule has 0 bridgehead atoms. The van der Waals surface area contributed by atoms with Gasteiger partial charge in [0.2, 0.25) is 0 Å². The van der Waals surface area contributed by atoms with Gasteiger partial charge in [-0.05, 0) is 47.9 Å². The van der Waals surface area contributed by atoms with Gasteiger partial charge in [-0.1, -0.05) is 29.3 Å². The highest BCUT2D eigenvalue weighted by atomic mass is 35.5. The van der Waals surface area contributed by atoms with E-state index in [1.165, 1.54) is 25.3 Å². The molecule has 0 spiro atoms. The largest absolute Gasteiger partial charge is 0.619 e. The summed E-state index contributed by atoms with van der Waals surface area (Å²) >= 11 is 13.7. The van der Waals surface area contributed by atoms with E-state index in [-0.39, 0.29) is 32.8 Å². The molecule has 192 valence electrons. The highest BCUT2D eigenvalue weighted by Gasteiger charge is 2.27. The lowest BCUT2D eigenvalue weighted by Crippen LogP contribution is -2.25. The number of aromatic nitrogens is 1. The normalized spacial score (nSPS) is 13.9. The van der Waals surface area contributed by atoms with E-state index >= 15 is 0 Å². The first-order valence-corrected chi connectivity index (χ1v) is 12.5. The molecule has 0 radical (unpaired) electrons. The van der Waals surface area contributed by atoms with Crippen molar-refractivity contribution in [3.8, 4) is 17.2 Å². The molecule has 0 amide bonds. The number of rotatable bonds is 11. The van der Waals surface area contributed by atoms with Gasteiger partial charge in [-0.2, -0.15) is 13.5 Å². The second-order valence-corrected chi connectivity index (χ2v) is 9.78. The van der Waals surface area contributed by atoms with Crippen LogP contribution in [0.4, 0.5) is 8.78 Å². The second kappa shape index (κ2) is 11.5. The van der Waals surface area contributed by atoms with Crippen molar-refractivity contribution in [3.63, 3.8) is 0 Å². The van der Waals surface area contributed by atoms with E-state index in [1.807, 2.05) is 0 Å². The molecule has 0 aliphatic heterocycles. The molecular formula is C24H21Cl2F2NO6S. The van der Waals surface area contributed by atoms with E-state index < -0.39 is 18.7 Å². The number of thiophene rings is 1. The summed E-state index contributed by atoms with van der Waals surface area (Å²) in [5.41, 5.74) is 0.798. The molecule has 0 N–H and O–H groups in total. The van der Waals surface area contributed by atoms with Gasteiger partial charge in [0, 0.05) is 12.0 Å². The highest BCUT2D eigenvalue weighted by molar-refractivity contribution is 7.12. The Balaban J connectivity index is 1.69. The standard InChI is InChI=1S/C24H21Cl2F2NO6S/c1-32-19-6-7-36-22(19)23(30)34-20(9-15-16(25)10-29(31)11-17(15)26)14-4-5-18(35-24(27)28)21(8-14)33-12-13-2-3-13/h4-8,10-11,13,20,24H,2-3,9,12H2,1H3/t20-/m0/s1. The predicted octanol–water partition coefficient (Wildman–Crippen LogP) is 6.23. The molecule has 0 saturated heterocycles. The van der Waals surface area contributed by atoms with E-state index in [0.29, 0.717) is 34.1 Å². The third kappa shape index (κ3) is 6.48. The van der Waals surface area contributed by atoms with Crippen molar-refractivity contribution in [2.45, 2.75) is 32.0 Å². The molecule has 2 aromatic heterocycles. The number of benzene rings is 1. The van der Waals surface area contributed by atoms with Crippen molar-refractivity contribution in [2.75, 3.05) is 13.7 Å². The van der Waals surface area contributed by atoms with Crippen LogP contribution < -0.4 is 18.9 Å². The summed E-state index contributed by atoms with van der Waals surface area (Å²) < 4.78 is 47.8. The molecule has 7 nitrogen and oxygen atoms in total. The molecule has 4 rings (SSSR count). The van der Waals surface area contributed by atoms with Crippen molar-refractivity contribution < 1.29 is 37.3 Å². The van der Waals surface area contributed by atoms with Crippen LogP contribution in [0.3, 0.4) is 0 Å². The molecule has 36 heavy (non-hydrogen) atoms. The van der Waals surface area contributed by atoms with Gasteiger partial charge in [-0.3, -0.25) is 0 Å². The molecule has 1 aliphatic carbocycles. The molecule has 12 heteroatoms. The quantitative estimate of drug-likeness (QED) is 0.157. The highest BCUT2D eigenvalue weighted by Crippen LogP contribution is 2.38. The number of hydrogen-bond acceptors (Lipinski definition) is 7. The molecule has 0 unspecified atom stereocenters. The van der Waals surface area contributed by atoms with Crippen molar-refractivity contribution >= 4 is 40.5 Å². The van der Waals surface area contributed by atoms with E-state index in [2.05, 4.69) is 4.74 Å². The monoisotopic (exact) mass is 559 g/mol. The SMILES string of the molecule is COc1ccsc1C(=O)O[C@@H](Cc1c(Cl)c[n+]([O-])cc1Cl)c1ccc(OC(F)F)c(OCC2CC2)c1. The fourth-order valence-corrected chi connectivity index (χ4v) is 4.79. The number of halogens is 4. The van der Waals surface area contributed by atoms with Crippen LogP contribution in [0, 0.1) is 11.1 Å². The fraction of sp³-hybridized carbons (Fsp3) is 0.333. The van der Waals surface area contributed by atoms with Crippen LogP contribution >= 0.6 is 34.5 Å². The first kappa shape index (κ1) is 26.2. The number of ether oxygens (including phenoxy) is 4. The number of carbonyl (C=O) groups is 1. The summed E-state index contributed by atoms with van der Waals surface area (Å²) in [5.74, 6) is -0.00305.